The van der Waals surface area contributed by atoms with Crippen molar-refractivity contribution in [3.05, 3.63) is 64.7 Å². The molecule has 2 N–H and O–H groups in total. The number of hydrogen-bond acceptors (Lipinski definition) is 6. The van der Waals surface area contributed by atoms with Crippen LogP contribution in [0.1, 0.15) is 22.7 Å². The van der Waals surface area contributed by atoms with Crippen molar-refractivity contribution in [3.8, 4) is 11.5 Å². The largest absolute Gasteiger partial charge is 0.508 e. The lowest BCUT2D eigenvalue weighted by molar-refractivity contribution is -0.140. The first-order valence-corrected chi connectivity index (χ1v) is 9.10. The van der Waals surface area contributed by atoms with Crippen molar-refractivity contribution in [2.24, 2.45) is 0 Å². The summed E-state index contributed by atoms with van der Waals surface area (Å²) in [7, 11) is 3.05. The van der Waals surface area contributed by atoms with E-state index in [0.717, 1.165) is 0 Å². The average molecular weight is 397 g/mol. The molecule has 2 aromatic rings. The van der Waals surface area contributed by atoms with Crippen molar-refractivity contribution >= 4 is 17.4 Å². The van der Waals surface area contributed by atoms with Crippen molar-refractivity contribution < 1.29 is 29.3 Å². The van der Waals surface area contributed by atoms with Gasteiger partial charge in [0.2, 0.25) is 0 Å². The minimum Gasteiger partial charge on any atom is -0.508 e. The van der Waals surface area contributed by atoms with Gasteiger partial charge in [-0.25, -0.2) is 0 Å². The standard InChI is InChI=1S/C22H23NO6/c1-13-12-16(29-3)8-9-17(13)20(25)18-19(14-4-6-15(24)7-5-14)23(10-11-28-2)22(27)21(18)26/h4-9,12,19,24-25H,10-11H2,1-3H3/t19-/m0/s1. The van der Waals surface area contributed by atoms with Crippen molar-refractivity contribution in [1.29, 1.82) is 0 Å². The normalized spacial score (nSPS) is 18.3. The van der Waals surface area contributed by atoms with E-state index in [1.54, 1.807) is 44.4 Å². The summed E-state index contributed by atoms with van der Waals surface area (Å²) in [6.45, 7) is 2.21. The minimum atomic E-state index is -0.785. The van der Waals surface area contributed by atoms with Gasteiger partial charge in [0.05, 0.1) is 25.3 Å². The van der Waals surface area contributed by atoms with Crippen LogP contribution in [0.2, 0.25) is 0 Å². The Balaban J connectivity index is 2.17. The van der Waals surface area contributed by atoms with Gasteiger partial charge in [-0.2, -0.15) is 0 Å². The number of amides is 1. The second-order valence-corrected chi connectivity index (χ2v) is 6.76. The molecule has 0 unspecified atom stereocenters. The highest BCUT2D eigenvalue weighted by molar-refractivity contribution is 6.46. The van der Waals surface area contributed by atoms with E-state index in [2.05, 4.69) is 0 Å². The summed E-state index contributed by atoms with van der Waals surface area (Å²) in [6.07, 6.45) is 0. The van der Waals surface area contributed by atoms with E-state index in [1.807, 2.05) is 0 Å². The molecule has 1 heterocycles. The molecule has 0 radical (unpaired) electrons. The molecule has 1 saturated heterocycles. The molecule has 152 valence electrons. The van der Waals surface area contributed by atoms with Gasteiger partial charge in [0, 0.05) is 19.2 Å². The predicted molar refractivity (Wildman–Crippen MR) is 107 cm³/mol. The van der Waals surface area contributed by atoms with Crippen LogP contribution in [0.25, 0.3) is 5.76 Å². The zero-order valence-corrected chi connectivity index (χ0v) is 16.5. The number of ether oxygens (including phenoxy) is 2. The molecule has 7 nitrogen and oxygen atoms in total. The van der Waals surface area contributed by atoms with E-state index in [9.17, 15) is 19.8 Å². The molecular formula is C22H23NO6. The van der Waals surface area contributed by atoms with Crippen LogP contribution in [-0.4, -0.2) is 54.2 Å². The van der Waals surface area contributed by atoms with E-state index in [-0.39, 0.29) is 30.2 Å². The average Bonchev–Trinajstić information content (AvgIpc) is 2.96. The third-order valence-electron chi connectivity index (χ3n) is 4.97. The number of aromatic hydroxyl groups is 1. The van der Waals surface area contributed by atoms with Crippen LogP contribution in [0.15, 0.2) is 48.0 Å². The van der Waals surface area contributed by atoms with E-state index in [1.165, 1.54) is 24.1 Å². The number of phenolic OH excluding ortho intramolecular Hbond substituents is 1. The van der Waals surface area contributed by atoms with Gasteiger partial charge in [0.25, 0.3) is 11.7 Å². The number of methoxy groups -OCH3 is 2. The van der Waals surface area contributed by atoms with Gasteiger partial charge in [-0.15, -0.1) is 0 Å². The highest BCUT2D eigenvalue weighted by atomic mass is 16.5. The van der Waals surface area contributed by atoms with Gasteiger partial charge >= 0.3 is 0 Å². The Morgan fingerprint density at radius 2 is 1.79 bits per heavy atom. The smallest absolute Gasteiger partial charge is 0.295 e. The molecule has 3 rings (SSSR count). The van der Waals surface area contributed by atoms with Gasteiger partial charge in [-0.3, -0.25) is 9.59 Å². The van der Waals surface area contributed by atoms with E-state index >= 15 is 0 Å². The molecule has 0 aliphatic carbocycles. The minimum absolute atomic E-state index is 0.00468. The van der Waals surface area contributed by atoms with Crippen LogP contribution in [-0.2, 0) is 14.3 Å². The molecule has 29 heavy (non-hydrogen) atoms. The fourth-order valence-corrected chi connectivity index (χ4v) is 3.48. The van der Waals surface area contributed by atoms with E-state index < -0.39 is 17.7 Å². The summed E-state index contributed by atoms with van der Waals surface area (Å²) in [5.74, 6) is -1.02. The monoisotopic (exact) mass is 397 g/mol. The molecule has 0 aromatic heterocycles. The van der Waals surface area contributed by atoms with Gasteiger partial charge in [0.1, 0.15) is 17.3 Å². The number of nitrogens with zero attached hydrogens (tertiary/aromatic N) is 1. The van der Waals surface area contributed by atoms with Crippen molar-refractivity contribution in [2.75, 3.05) is 27.4 Å². The zero-order chi connectivity index (χ0) is 21.1. The topological polar surface area (TPSA) is 96.3 Å². The lowest BCUT2D eigenvalue weighted by Gasteiger charge is -2.25. The number of Topliss-reactive ketones (excluding diaryl/α,β-unsaturated/α-hetero) is 1. The molecule has 0 saturated carbocycles. The number of aliphatic hydroxyl groups is 1. The Hall–Kier alpha value is -3.32. The molecule has 7 heteroatoms. The predicted octanol–water partition coefficient (Wildman–Crippen LogP) is 2.78. The quantitative estimate of drug-likeness (QED) is 0.442. The number of carbonyl (C=O) groups is 2. The van der Waals surface area contributed by atoms with E-state index in [0.29, 0.717) is 22.4 Å². The summed E-state index contributed by atoms with van der Waals surface area (Å²) >= 11 is 0. The lowest BCUT2D eigenvalue weighted by Crippen LogP contribution is -2.32. The van der Waals surface area contributed by atoms with Crippen LogP contribution in [0, 0.1) is 6.92 Å². The molecule has 1 aliphatic heterocycles. The Labute approximate surface area is 168 Å². The maximum Gasteiger partial charge on any atom is 0.295 e. The summed E-state index contributed by atoms with van der Waals surface area (Å²) in [6, 6.07) is 10.5. The first kappa shape index (κ1) is 20.4. The van der Waals surface area contributed by atoms with Crippen molar-refractivity contribution in [1.82, 2.24) is 4.90 Å². The fourth-order valence-electron chi connectivity index (χ4n) is 3.48. The van der Waals surface area contributed by atoms with E-state index in [4.69, 9.17) is 9.47 Å². The lowest BCUT2D eigenvalue weighted by atomic mass is 9.94. The number of carbonyl (C=O) groups excluding carboxylic acids is 2. The number of rotatable bonds is 6. The summed E-state index contributed by atoms with van der Waals surface area (Å²) < 4.78 is 10.3. The number of ketones is 1. The SMILES string of the molecule is COCCN1C(=O)C(=O)C(=C(O)c2ccc(OC)cc2C)[C@@H]1c1ccc(O)cc1. The second-order valence-electron chi connectivity index (χ2n) is 6.76. The Kier molecular flexibility index (Phi) is 5.89. The number of phenols is 1. The first-order chi connectivity index (χ1) is 13.9. The third kappa shape index (κ3) is 3.82. The molecule has 1 aliphatic rings. The molecule has 0 spiro atoms. The fraction of sp³-hybridized carbons (Fsp3) is 0.273. The Morgan fingerprint density at radius 1 is 1.10 bits per heavy atom. The third-order valence-corrected chi connectivity index (χ3v) is 4.97. The molecule has 1 fully saturated rings. The van der Waals surface area contributed by atoms with Gasteiger partial charge in [0.15, 0.2) is 0 Å². The number of hydrogen-bond donors (Lipinski definition) is 2. The highest BCUT2D eigenvalue weighted by Crippen LogP contribution is 2.40. The van der Waals surface area contributed by atoms with Gasteiger partial charge < -0.3 is 24.6 Å². The molecule has 1 atom stereocenters. The number of aliphatic hydroxyl groups excluding tert-OH is 1. The summed E-state index contributed by atoms with van der Waals surface area (Å²) in [5.41, 5.74) is 1.75. The summed E-state index contributed by atoms with van der Waals surface area (Å²) in [5, 5.41) is 20.6. The van der Waals surface area contributed by atoms with Crippen LogP contribution in [0.3, 0.4) is 0 Å². The van der Waals surface area contributed by atoms with Crippen molar-refractivity contribution in [2.45, 2.75) is 13.0 Å². The van der Waals surface area contributed by atoms with Crippen LogP contribution >= 0.6 is 0 Å². The van der Waals surface area contributed by atoms with Gasteiger partial charge in [-0.1, -0.05) is 12.1 Å². The highest BCUT2D eigenvalue weighted by Gasteiger charge is 2.45. The first-order valence-electron chi connectivity index (χ1n) is 9.10. The van der Waals surface area contributed by atoms with Crippen LogP contribution in [0.5, 0.6) is 11.5 Å². The maximum atomic E-state index is 12.9. The molecular weight excluding hydrogens is 374 g/mol. The zero-order valence-electron chi connectivity index (χ0n) is 16.5. The number of likely N-dealkylation sites (tertiary alicyclic amines) is 1. The van der Waals surface area contributed by atoms with Gasteiger partial charge in [-0.05, 0) is 48.4 Å². The molecule has 1 amide bonds. The Morgan fingerprint density at radius 3 is 2.38 bits per heavy atom. The molecule has 0 bridgehead atoms. The van der Waals surface area contributed by atoms with Crippen LogP contribution < -0.4 is 4.74 Å². The van der Waals surface area contributed by atoms with Crippen LogP contribution in [0.4, 0.5) is 0 Å². The second kappa shape index (κ2) is 8.36. The number of aryl methyl sites for hydroxylation is 1. The Bertz CT molecular complexity index is 964. The molecule has 2 aromatic carbocycles. The van der Waals surface area contributed by atoms with Crippen molar-refractivity contribution in [3.63, 3.8) is 0 Å². The number of benzene rings is 2. The maximum absolute atomic E-state index is 12.9. The summed E-state index contributed by atoms with van der Waals surface area (Å²) in [4.78, 5) is 26.9.